The molecule has 1 atom stereocenters. The molecule has 0 bridgehead atoms. The number of rotatable bonds is 3. The first-order valence-corrected chi connectivity index (χ1v) is 7.43. The Morgan fingerprint density at radius 2 is 2.14 bits per heavy atom. The molecule has 110 valence electrons. The minimum absolute atomic E-state index is 0.210. The van der Waals surface area contributed by atoms with Crippen LogP contribution in [0.25, 0.3) is 0 Å². The lowest BCUT2D eigenvalue weighted by Crippen LogP contribution is -2.13. The predicted molar refractivity (Wildman–Crippen MR) is 82.3 cm³/mol. The molecule has 3 rings (SSSR count). The van der Waals surface area contributed by atoms with Gasteiger partial charge in [0.25, 0.3) is 0 Å². The van der Waals surface area contributed by atoms with E-state index in [9.17, 15) is 4.39 Å². The molecule has 1 unspecified atom stereocenters. The SMILES string of the molecule is COc1ccc(C(N)c2cc(Br)cc3c2OCC3)cc1F. The Balaban J connectivity index is 2.03. The van der Waals surface area contributed by atoms with Crippen molar-refractivity contribution in [1.29, 1.82) is 0 Å². The monoisotopic (exact) mass is 351 g/mol. The van der Waals surface area contributed by atoms with Crippen LogP contribution in [0.15, 0.2) is 34.8 Å². The van der Waals surface area contributed by atoms with Gasteiger partial charge in [0, 0.05) is 16.5 Å². The molecule has 5 heteroatoms. The summed E-state index contributed by atoms with van der Waals surface area (Å²) in [6, 6.07) is 8.28. The first kappa shape index (κ1) is 14.4. The largest absolute Gasteiger partial charge is 0.494 e. The number of hydrogen-bond acceptors (Lipinski definition) is 3. The summed E-state index contributed by atoms with van der Waals surface area (Å²) < 4.78 is 25.4. The van der Waals surface area contributed by atoms with Gasteiger partial charge < -0.3 is 15.2 Å². The molecule has 0 fully saturated rings. The fraction of sp³-hybridized carbons (Fsp3) is 0.250. The van der Waals surface area contributed by atoms with Crippen molar-refractivity contribution >= 4 is 15.9 Å². The number of fused-ring (bicyclic) bond motifs is 1. The molecule has 0 aliphatic carbocycles. The van der Waals surface area contributed by atoms with Crippen LogP contribution in [0.1, 0.15) is 22.7 Å². The quantitative estimate of drug-likeness (QED) is 0.918. The van der Waals surface area contributed by atoms with Crippen molar-refractivity contribution in [2.75, 3.05) is 13.7 Å². The van der Waals surface area contributed by atoms with Crippen molar-refractivity contribution < 1.29 is 13.9 Å². The van der Waals surface area contributed by atoms with E-state index in [1.807, 2.05) is 12.1 Å². The molecular weight excluding hydrogens is 337 g/mol. The number of methoxy groups -OCH3 is 1. The topological polar surface area (TPSA) is 44.5 Å². The van der Waals surface area contributed by atoms with Crippen LogP contribution in [-0.2, 0) is 6.42 Å². The standard InChI is InChI=1S/C16H15BrFNO2/c1-20-14-3-2-9(7-13(14)18)15(19)12-8-11(17)6-10-4-5-21-16(10)12/h2-3,6-8,15H,4-5,19H2,1H3. The maximum Gasteiger partial charge on any atom is 0.165 e. The normalized spacial score (nSPS) is 14.5. The summed E-state index contributed by atoms with van der Waals surface area (Å²) in [6.07, 6.45) is 0.867. The van der Waals surface area contributed by atoms with Crippen molar-refractivity contribution in [3.63, 3.8) is 0 Å². The van der Waals surface area contributed by atoms with Gasteiger partial charge in [-0.25, -0.2) is 4.39 Å². The zero-order valence-electron chi connectivity index (χ0n) is 11.5. The third-order valence-electron chi connectivity index (χ3n) is 3.65. The van der Waals surface area contributed by atoms with Gasteiger partial charge in [0.2, 0.25) is 0 Å². The zero-order valence-corrected chi connectivity index (χ0v) is 13.1. The maximum atomic E-state index is 13.9. The molecule has 1 aliphatic rings. The molecule has 2 N–H and O–H groups in total. The van der Waals surface area contributed by atoms with E-state index in [1.165, 1.54) is 13.2 Å². The minimum atomic E-state index is -0.449. The van der Waals surface area contributed by atoms with Gasteiger partial charge in [-0.05, 0) is 35.4 Å². The molecule has 0 radical (unpaired) electrons. The van der Waals surface area contributed by atoms with Crippen molar-refractivity contribution in [1.82, 2.24) is 0 Å². The second kappa shape index (κ2) is 5.66. The number of hydrogen-bond donors (Lipinski definition) is 1. The molecule has 0 saturated carbocycles. The molecule has 0 aromatic heterocycles. The van der Waals surface area contributed by atoms with E-state index in [0.717, 1.165) is 27.8 Å². The molecule has 0 spiro atoms. The fourth-order valence-electron chi connectivity index (χ4n) is 2.58. The van der Waals surface area contributed by atoms with Crippen LogP contribution in [0.2, 0.25) is 0 Å². The molecule has 0 amide bonds. The van der Waals surface area contributed by atoms with E-state index in [4.69, 9.17) is 15.2 Å². The third-order valence-corrected chi connectivity index (χ3v) is 4.11. The van der Waals surface area contributed by atoms with E-state index < -0.39 is 11.9 Å². The Hall–Kier alpha value is -1.59. The first-order valence-electron chi connectivity index (χ1n) is 6.64. The summed E-state index contributed by atoms with van der Waals surface area (Å²) in [5.74, 6) is 0.613. The van der Waals surface area contributed by atoms with E-state index >= 15 is 0 Å². The van der Waals surface area contributed by atoms with Gasteiger partial charge in [-0.1, -0.05) is 22.0 Å². The zero-order chi connectivity index (χ0) is 15.0. The van der Waals surface area contributed by atoms with Gasteiger partial charge in [0.1, 0.15) is 5.75 Å². The van der Waals surface area contributed by atoms with Gasteiger partial charge >= 0.3 is 0 Å². The van der Waals surface area contributed by atoms with Crippen molar-refractivity contribution in [3.05, 3.63) is 57.3 Å². The minimum Gasteiger partial charge on any atom is -0.494 e. The molecule has 1 aliphatic heterocycles. The summed E-state index contributed by atoms with van der Waals surface area (Å²) in [7, 11) is 1.44. The van der Waals surface area contributed by atoms with Crippen LogP contribution in [0.3, 0.4) is 0 Å². The highest BCUT2D eigenvalue weighted by Gasteiger charge is 2.23. The molecule has 2 aromatic carbocycles. The molecule has 3 nitrogen and oxygen atoms in total. The summed E-state index contributed by atoms with van der Waals surface area (Å²) in [4.78, 5) is 0. The second-order valence-corrected chi connectivity index (χ2v) is 5.87. The highest BCUT2D eigenvalue weighted by atomic mass is 79.9. The van der Waals surface area contributed by atoms with Crippen molar-refractivity contribution in [2.24, 2.45) is 5.73 Å². The summed E-state index contributed by atoms with van der Waals surface area (Å²) in [5, 5.41) is 0. The first-order chi connectivity index (χ1) is 10.1. The van der Waals surface area contributed by atoms with Gasteiger partial charge in [-0.3, -0.25) is 0 Å². The molecule has 0 saturated heterocycles. The maximum absolute atomic E-state index is 13.9. The summed E-state index contributed by atoms with van der Waals surface area (Å²) in [5.41, 5.74) is 8.99. The van der Waals surface area contributed by atoms with Crippen LogP contribution >= 0.6 is 15.9 Å². The fourth-order valence-corrected chi connectivity index (χ4v) is 3.11. The van der Waals surface area contributed by atoms with Gasteiger partial charge in [0.15, 0.2) is 11.6 Å². The van der Waals surface area contributed by atoms with Crippen LogP contribution in [0, 0.1) is 5.82 Å². The lowest BCUT2D eigenvalue weighted by Gasteiger charge is -2.17. The number of ether oxygens (including phenoxy) is 2. The second-order valence-electron chi connectivity index (χ2n) is 4.95. The van der Waals surface area contributed by atoms with Gasteiger partial charge in [0.05, 0.1) is 19.8 Å². The number of halogens is 2. The Labute approximate surface area is 131 Å². The van der Waals surface area contributed by atoms with E-state index in [2.05, 4.69) is 15.9 Å². The number of benzene rings is 2. The summed E-state index contributed by atoms with van der Waals surface area (Å²) in [6.45, 7) is 0.655. The van der Waals surface area contributed by atoms with Crippen LogP contribution < -0.4 is 15.2 Å². The average molecular weight is 352 g/mol. The van der Waals surface area contributed by atoms with Crippen molar-refractivity contribution in [3.8, 4) is 11.5 Å². The Bertz CT molecular complexity index is 690. The van der Waals surface area contributed by atoms with Crippen LogP contribution in [0.4, 0.5) is 4.39 Å². The van der Waals surface area contributed by atoms with E-state index in [-0.39, 0.29) is 5.75 Å². The van der Waals surface area contributed by atoms with E-state index in [0.29, 0.717) is 12.2 Å². The van der Waals surface area contributed by atoms with Gasteiger partial charge in [-0.15, -0.1) is 0 Å². The third kappa shape index (κ3) is 2.63. The smallest absolute Gasteiger partial charge is 0.165 e. The van der Waals surface area contributed by atoms with E-state index in [1.54, 1.807) is 12.1 Å². The Morgan fingerprint density at radius 1 is 1.33 bits per heavy atom. The predicted octanol–water partition coefficient (Wildman–Crippen LogP) is 3.58. The Morgan fingerprint density at radius 3 is 2.86 bits per heavy atom. The lowest BCUT2D eigenvalue weighted by molar-refractivity contribution is 0.352. The van der Waals surface area contributed by atoms with Crippen LogP contribution in [-0.4, -0.2) is 13.7 Å². The summed E-state index contributed by atoms with van der Waals surface area (Å²) >= 11 is 3.49. The highest BCUT2D eigenvalue weighted by Crippen LogP contribution is 2.38. The van der Waals surface area contributed by atoms with Crippen LogP contribution in [0.5, 0.6) is 11.5 Å². The van der Waals surface area contributed by atoms with Gasteiger partial charge in [-0.2, -0.15) is 0 Å². The molecule has 1 heterocycles. The number of nitrogens with two attached hydrogens (primary N) is 1. The lowest BCUT2D eigenvalue weighted by atomic mass is 9.96. The highest BCUT2D eigenvalue weighted by molar-refractivity contribution is 9.10. The molecule has 21 heavy (non-hydrogen) atoms. The molecular formula is C16H15BrFNO2. The van der Waals surface area contributed by atoms with Crippen molar-refractivity contribution in [2.45, 2.75) is 12.5 Å². The average Bonchev–Trinajstić information content (AvgIpc) is 2.93. The Kier molecular flexibility index (Phi) is 3.87. The molecule has 2 aromatic rings.